The summed E-state index contributed by atoms with van der Waals surface area (Å²) in [4.78, 5) is 0. The lowest BCUT2D eigenvalue weighted by Crippen LogP contribution is -2.46. The van der Waals surface area contributed by atoms with Gasteiger partial charge in [-0.1, -0.05) is 17.7 Å². The largest absolute Gasteiger partial charge is 0.381 e. The normalized spacial score (nSPS) is 19.2. The molecule has 3 heteroatoms. The molecule has 0 atom stereocenters. The van der Waals surface area contributed by atoms with Gasteiger partial charge in [-0.05, 0) is 32.8 Å². The molecule has 17 heavy (non-hydrogen) atoms. The van der Waals surface area contributed by atoms with Crippen molar-refractivity contribution in [1.82, 2.24) is 5.32 Å². The van der Waals surface area contributed by atoms with E-state index >= 15 is 0 Å². The minimum Gasteiger partial charge on any atom is -0.381 e. The minimum atomic E-state index is -0.126. The SMILES string of the molecule is Cc1ccc(F)c(CNC2(C)CCOCC2)c1. The lowest BCUT2D eigenvalue weighted by Gasteiger charge is -2.34. The number of hydrogen-bond donors (Lipinski definition) is 1. The van der Waals surface area contributed by atoms with Crippen molar-refractivity contribution >= 4 is 0 Å². The van der Waals surface area contributed by atoms with Crippen LogP contribution in [0.2, 0.25) is 0 Å². The molecule has 0 bridgehead atoms. The summed E-state index contributed by atoms with van der Waals surface area (Å²) in [7, 11) is 0. The molecule has 1 N–H and O–H groups in total. The standard InChI is InChI=1S/C14H20FNO/c1-11-3-4-13(15)12(9-11)10-16-14(2)5-7-17-8-6-14/h3-4,9,16H,5-8,10H2,1-2H3. The van der Waals surface area contributed by atoms with Gasteiger partial charge in [-0.25, -0.2) is 4.39 Å². The predicted molar refractivity (Wildman–Crippen MR) is 66.4 cm³/mol. The summed E-state index contributed by atoms with van der Waals surface area (Å²) in [5, 5.41) is 3.46. The highest BCUT2D eigenvalue weighted by atomic mass is 19.1. The summed E-state index contributed by atoms with van der Waals surface area (Å²) in [6, 6.07) is 5.25. The number of hydrogen-bond acceptors (Lipinski definition) is 2. The summed E-state index contributed by atoms with van der Waals surface area (Å²) in [5.41, 5.74) is 1.92. The van der Waals surface area contributed by atoms with E-state index in [1.54, 1.807) is 12.1 Å². The summed E-state index contributed by atoms with van der Waals surface area (Å²) in [6.07, 6.45) is 1.97. The molecule has 0 amide bonds. The van der Waals surface area contributed by atoms with E-state index in [1.807, 2.05) is 13.0 Å². The highest BCUT2D eigenvalue weighted by Crippen LogP contribution is 2.21. The Morgan fingerprint density at radius 3 is 2.76 bits per heavy atom. The molecule has 1 aliphatic rings. The number of benzene rings is 1. The third kappa shape index (κ3) is 3.27. The molecular weight excluding hydrogens is 217 g/mol. The lowest BCUT2D eigenvalue weighted by atomic mass is 9.92. The van der Waals surface area contributed by atoms with Gasteiger partial charge in [-0.15, -0.1) is 0 Å². The molecule has 0 spiro atoms. The number of rotatable bonds is 3. The second-order valence-electron chi connectivity index (χ2n) is 5.12. The van der Waals surface area contributed by atoms with Crippen molar-refractivity contribution in [1.29, 1.82) is 0 Å². The zero-order valence-corrected chi connectivity index (χ0v) is 10.6. The predicted octanol–water partition coefficient (Wildman–Crippen LogP) is 2.79. The van der Waals surface area contributed by atoms with Gasteiger partial charge in [-0.2, -0.15) is 0 Å². The van der Waals surface area contributed by atoms with Crippen molar-refractivity contribution in [3.63, 3.8) is 0 Å². The molecule has 94 valence electrons. The van der Waals surface area contributed by atoms with Crippen molar-refractivity contribution < 1.29 is 9.13 Å². The Morgan fingerprint density at radius 1 is 1.35 bits per heavy atom. The van der Waals surface area contributed by atoms with Crippen LogP contribution in [0.25, 0.3) is 0 Å². The number of aryl methyl sites for hydroxylation is 1. The van der Waals surface area contributed by atoms with Crippen LogP contribution in [-0.4, -0.2) is 18.8 Å². The highest BCUT2D eigenvalue weighted by molar-refractivity contribution is 5.24. The van der Waals surface area contributed by atoms with Gasteiger partial charge in [0.25, 0.3) is 0 Å². The van der Waals surface area contributed by atoms with Crippen LogP contribution in [0.3, 0.4) is 0 Å². The van der Waals surface area contributed by atoms with Crippen LogP contribution < -0.4 is 5.32 Å². The van der Waals surface area contributed by atoms with E-state index in [1.165, 1.54) is 0 Å². The van der Waals surface area contributed by atoms with Gasteiger partial charge in [-0.3, -0.25) is 0 Å². The molecule has 1 aromatic carbocycles. The van der Waals surface area contributed by atoms with E-state index in [-0.39, 0.29) is 11.4 Å². The van der Waals surface area contributed by atoms with Crippen LogP contribution in [0.4, 0.5) is 4.39 Å². The van der Waals surface area contributed by atoms with Gasteiger partial charge in [0.1, 0.15) is 5.82 Å². The maximum absolute atomic E-state index is 13.6. The van der Waals surface area contributed by atoms with Crippen molar-refractivity contribution in [2.45, 2.75) is 38.8 Å². The monoisotopic (exact) mass is 237 g/mol. The molecule has 1 fully saturated rings. The van der Waals surface area contributed by atoms with Gasteiger partial charge < -0.3 is 10.1 Å². The van der Waals surface area contributed by atoms with Gasteiger partial charge in [0, 0.05) is 30.9 Å². The number of nitrogens with one attached hydrogen (secondary N) is 1. The first-order valence-corrected chi connectivity index (χ1v) is 6.17. The Kier molecular flexibility index (Phi) is 3.79. The Labute approximate surface area is 102 Å². The molecule has 0 radical (unpaired) electrons. The van der Waals surface area contributed by atoms with E-state index in [2.05, 4.69) is 12.2 Å². The first-order chi connectivity index (χ1) is 8.09. The molecule has 1 aliphatic heterocycles. The highest BCUT2D eigenvalue weighted by Gasteiger charge is 2.26. The van der Waals surface area contributed by atoms with Gasteiger partial charge in [0.2, 0.25) is 0 Å². The third-order valence-electron chi connectivity index (χ3n) is 3.50. The van der Waals surface area contributed by atoms with E-state index in [9.17, 15) is 4.39 Å². The summed E-state index contributed by atoms with van der Waals surface area (Å²) in [6.45, 7) is 6.34. The summed E-state index contributed by atoms with van der Waals surface area (Å²) in [5.74, 6) is -0.126. The fourth-order valence-electron chi connectivity index (χ4n) is 2.15. The zero-order chi connectivity index (χ0) is 12.3. The quantitative estimate of drug-likeness (QED) is 0.872. The first kappa shape index (κ1) is 12.5. The van der Waals surface area contributed by atoms with Crippen LogP contribution in [0.5, 0.6) is 0 Å². The van der Waals surface area contributed by atoms with Crippen LogP contribution in [0.15, 0.2) is 18.2 Å². The fourth-order valence-corrected chi connectivity index (χ4v) is 2.15. The van der Waals surface area contributed by atoms with E-state index in [0.29, 0.717) is 6.54 Å². The second kappa shape index (κ2) is 5.15. The first-order valence-electron chi connectivity index (χ1n) is 6.17. The van der Waals surface area contributed by atoms with Gasteiger partial charge in [0.15, 0.2) is 0 Å². The number of halogens is 1. The Morgan fingerprint density at radius 2 is 2.06 bits per heavy atom. The Bertz CT molecular complexity index is 386. The lowest BCUT2D eigenvalue weighted by molar-refractivity contribution is 0.0445. The molecule has 0 aliphatic carbocycles. The van der Waals surface area contributed by atoms with Crippen molar-refractivity contribution in [2.75, 3.05) is 13.2 Å². The number of ether oxygens (including phenoxy) is 1. The molecule has 1 saturated heterocycles. The van der Waals surface area contributed by atoms with Gasteiger partial charge in [0.05, 0.1) is 0 Å². The molecular formula is C14H20FNO. The van der Waals surface area contributed by atoms with E-state index < -0.39 is 0 Å². The maximum Gasteiger partial charge on any atom is 0.127 e. The smallest absolute Gasteiger partial charge is 0.127 e. The second-order valence-corrected chi connectivity index (χ2v) is 5.12. The van der Waals surface area contributed by atoms with Crippen molar-refractivity contribution in [2.24, 2.45) is 0 Å². The van der Waals surface area contributed by atoms with Crippen LogP contribution in [0.1, 0.15) is 30.9 Å². The van der Waals surface area contributed by atoms with E-state index in [4.69, 9.17) is 4.74 Å². The average molecular weight is 237 g/mol. The fraction of sp³-hybridized carbons (Fsp3) is 0.571. The zero-order valence-electron chi connectivity index (χ0n) is 10.6. The van der Waals surface area contributed by atoms with Gasteiger partial charge >= 0.3 is 0 Å². The molecule has 0 aromatic heterocycles. The van der Waals surface area contributed by atoms with Crippen LogP contribution >= 0.6 is 0 Å². The summed E-state index contributed by atoms with van der Waals surface area (Å²) >= 11 is 0. The average Bonchev–Trinajstić information content (AvgIpc) is 2.31. The van der Waals surface area contributed by atoms with Crippen LogP contribution in [-0.2, 0) is 11.3 Å². The molecule has 2 nitrogen and oxygen atoms in total. The third-order valence-corrected chi connectivity index (χ3v) is 3.50. The molecule has 0 unspecified atom stereocenters. The maximum atomic E-state index is 13.6. The minimum absolute atomic E-state index is 0.0778. The van der Waals surface area contributed by atoms with E-state index in [0.717, 1.165) is 37.2 Å². The molecule has 0 saturated carbocycles. The molecule has 2 rings (SSSR count). The van der Waals surface area contributed by atoms with Crippen molar-refractivity contribution in [3.8, 4) is 0 Å². The molecule has 1 heterocycles. The summed E-state index contributed by atoms with van der Waals surface area (Å²) < 4.78 is 18.9. The van der Waals surface area contributed by atoms with Crippen LogP contribution in [0, 0.1) is 12.7 Å². The topological polar surface area (TPSA) is 21.3 Å². The Hall–Kier alpha value is -0.930. The van der Waals surface area contributed by atoms with Crippen molar-refractivity contribution in [3.05, 3.63) is 35.1 Å². The Balaban J connectivity index is 1.99. The molecule has 1 aromatic rings.